The SMILES string of the molecule is Cc1cc2c(cn1)CC1(CCN(c3nc(C)c(Br)n4nccc34)CC1)C2. The number of aromatic nitrogens is 4. The molecule has 26 heavy (non-hydrogen) atoms. The van der Waals surface area contributed by atoms with Crippen molar-refractivity contribution in [3.8, 4) is 0 Å². The molecule has 1 saturated heterocycles. The average molecular weight is 412 g/mol. The minimum Gasteiger partial charge on any atom is -0.355 e. The Hall–Kier alpha value is -1.95. The molecule has 0 unspecified atom stereocenters. The van der Waals surface area contributed by atoms with Crippen LogP contribution in [-0.4, -0.2) is 32.7 Å². The first-order valence-electron chi connectivity index (χ1n) is 9.24. The van der Waals surface area contributed by atoms with Gasteiger partial charge < -0.3 is 4.90 Å². The number of fused-ring (bicyclic) bond motifs is 2. The van der Waals surface area contributed by atoms with E-state index in [1.165, 1.54) is 36.8 Å². The summed E-state index contributed by atoms with van der Waals surface area (Å²) in [4.78, 5) is 11.8. The lowest BCUT2D eigenvalue weighted by atomic mass is 9.76. The Balaban J connectivity index is 1.40. The van der Waals surface area contributed by atoms with Crippen molar-refractivity contribution in [3.63, 3.8) is 0 Å². The molecule has 0 aromatic carbocycles. The lowest BCUT2D eigenvalue weighted by Gasteiger charge is -2.40. The Labute approximate surface area is 161 Å². The van der Waals surface area contributed by atoms with Gasteiger partial charge in [0.25, 0.3) is 0 Å². The van der Waals surface area contributed by atoms with E-state index in [0.29, 0.717) is 5.41 Å². The Morgan fingerprint density at radius 2 is 1.88 bits per heavy atom. The van der Waals surface area contributed by atoms with Crippen molar-refractivity contribution in [1.82, 2.24) is 19.6 Å². The molecule has 0 N–H and O–H groups in total. The van der Waals surface area contributed by atoms with Crippen molar-refractivity contribution in [2.45, 2.75) is 39.5 Å². The molecule has 4 heterocycles. The van der Waals surface area contributed by atoms with Crippen molar-refractivity contribution in [2.24, 2.45) is 5.41 Å². The third-order valence-electron chi connectivity index (χ3n) is 6.10. The summed E-state index contributed by atoms with van der Waals surface area (Å²) < 4.78 is 2.88. The minimum atomic E-state index is 0.412. The number of aryl methyl sites for hydroxylation is 2. The highest BCUT2D eigenvalue weighted by atomic mass is 79.9. The fourth-order valence-corrected chi connectivity index (χ4v) is 5.03. The summed E-state index contributed by atoms with van der Waals surface area (Å²) in [7, 11) is 0. The van der Waals surface area contributed by atoms with Gasteiger partial charge in [0.05, 0.1) is 11.9 Å². The molecule has 5 rings (SSSR count). The zero-order chi connectivity index (χ0) is 17.9. The summed E-state index contributed by atoms with van der Waals surface area (Å²) in [5, 5.41) is 4.44. The molecule has 0 atom stereocenters. The van der Waals surface area contributed by atoms with E-state index in [1.807, 2.05) is 17.6 Å². The molecular weight excluding hydrogens is 390 g/mol. The highest BCUT2D eigenvalue weighted by Gasteiger charge is 2.40. The van der Waals surface area contributed by atoms with Gasteiger partial charge in [0.1, 0.15) is 10.1 Å². The van der Waals surface area contributed by atoms with Gasteiger partial charge in [0, 0.05) is 25.0 Å². The molecule has 2 aliphatic rings. The second-order valence-corrected chi connectivity index (χ2v) is 8.63. The van der Waals surface area contributed by atoms with E-state index in [2.05, 4.69) is 56.2 Å². The molecule has 5 nitrogen and oxygen atoms in total. The lowest BCUT2D eigenvalue weighted by Crippen LogP contribution is -2.41. The van der Waals surface area contributed by atoms with Crippen LogP contribution in [0.2, 0.25) is 0 Å². The van der Waals surface area contributed by atoms with Crippen molar-refractivity contribution in [1.29, 1.82) is 0 Å². The van der Waals surface area contributed by atoms with Crippen LogP contribution in [0.25, 0.3) is 5.52 Å². The van der Waals surface area contributed by atoms with Gasteiger partial charge >= 0.3 is 0 Å². The van der Waals surface area contributed by atoms with Crippen LogP contribution in [0.4, 0.5) is 5.82 Å². The van der Waals surface area contributed by atoms with Crippen LogP contribution in [0.3, 0.4) is 0 Å². The van der Waals surface area contributed by atoms with Crippen LogP contribution in [0, 0.1) is 19.3 Å². The fraction of sp³-hybridized carbons (Fsp3) is 0.450. The van der Waals surface area contributed by atoms with E-state index in [4.69, 9.17) is 4.98 Å². The standard InChI is InChI=1S/C20H22BrN5/c1-13-9-15-10-20(11-16(15)12-22-13)4-7-25(8-5-20)19-17-3-6-23-26(17)18(21)14(2)24-19/h3,6,9,12H,4-5,7-8,10-11H2,1-2H3. The summed E-state index contributed by atoms with van der Waals surface area (Å²) >= 11 is 3.60. The van der Waals surface area contributed by atoms with E-state index in [9.17, 15) is 0 Å². The molecule has 1 aliphatic heterocycles. The number of rotatable bonds is 1. The van der Waals surface area contributed by atoms with Gasteiger partial charge in [-0.3, -0.25) is 4.98 Å². The smallest absolute Gasteiger partial charge is 0.155 e. The quantitative estimate of drug-likeness (QED) is 0.609. The number of piperidine rings is 1. The Morgan fingerprint density at radius 1 is 1.12 bits per heavy atom. The van der Waals surface area contributed by atoms with Crippen LogP contribution >= 0.6 is 15.9 Å². The predicted molar refractivity (Wildman–Crippen MR) is 106 cm³/mol. The number of anilines is 1. The zero-order valence-electron chi connectivity index (χ0n) is 15.2. The van der Waals surface area contributed by atoms with Crippen LogP contribution < -0.4 is 4.90 Å². The molecule has 1 aliphatic carbocycles. The number of hydrogen-bond donors (Lipinski definition) is 0. The first kappa shape index (κ1) is 16.2. The van der Waals surface area contributed by atoms with E-state index >= 15 is 0 Å². The number of nitrogens with zero attached hydrogens (tertiary/aromatic N) is 5. The summed E-state index contributed by atoms with van der Waals surface area (Å²) in [5.74, 6) is 1.06. The van der Waals surface area contributed by atoms with Gasteiger partial charge in [-0.15, -0.1) is 0 Å². The number of halogens is 1. The Morgan fingerprint density at radius 3 is 2.69 bits per heavy atom. The normalized spacial score (nSPS) is 18.7. The second kappa shape index (κ2) is 5.78. The molecule has 3 aromatic rings. The molecule has 134 valence electrons. The second-order valence-electron chi connectivity index (χ2n) is 7.87. The van der Waals surface area contributed by atoms with Crippen LogP contribution in [0.15, 0.2) is 29.1 Å². The highest BCUT2D eigenvalue weighted by molar-refractivity contribution is 9.10. The molecule has 3 aromatic heterocycles. The fourth-order valence-electron chi connectivity index (χ4n) is 4.66. The van der Waals surface area contributed by atoms with Gasteiger partial charge in [-0.25, -0.2) is 9.50 Å². The predicted octanol–water partition coefficient (Wildman–Crippen LogP) is 3.89. The van der Waals surface area contributed by atoms with Gasteiger partial charge in [0.2, 0.25) is 0 Å². The molecule has 1 spiro atoms. The van der Waals surface area contributed by atoms with E-state index in [-0.39, 0.29) is 0 Å². The maximum Gasteiger partial charge on any atom is 0.155 e. The minimum absolute atomic E-state index is 0.412. The molecule has 0 radical (unpaired) electrons. The molecular formula is C20H22BrN5. The topological polar surface area (TPSA) is 46.3 Å². The zero-order valence-corrected chi connectivity index (χ0v) is 16.8. The first-order chi connectivity index (χ1) is 12.5. The third kappa shape index (κ3) is 2.46. The molecule has 0 saturated carbocycles. The van der Waals surface area contributed by atoms with Crippen LogP contribution in [0.1, 0.15) is 35.4 Å². The molecule has 0 bridgehead atoms. The lowest BCUT2D eigenvalue weighted by molar-refractivity contribution is 0.232. The number of pyridine rings is 1. The van der Waals surface area contributed by atoms with Crippen LogP contribution in [-0.2, 0) is 12.8 Å². The molecule has 0 amide bonds. The van der Waals surface area contributed by atoms with Crippen LogP contribution in [0.5, 0.6) is 0 Å². The Kier molecular flexibility index (Phi) is 3.61. The summed E-state index contributed by atoms with van der Waals surface area (Å²) in [6.07, 6.45) is 8.74. The summed E-state index contributed by atoms with van der Waals surface area (Å²) in [5.41, 5.74) is 6.58. The molecule has 1 fully saturated rings. The largest absolute Gasteiger partial charge is 0.355 e. The summed E-state index contributed by atoms with van der Waals surface area (Å²) in [6, 6.07) is 4.34. The van der Waals surface area contributed by atoms with Gasteiger partial charge in [-0.2, -0.15) is 5.10 Å². The van der Waals surface area contributed by atoms with Crippen molar-refractivity contribution < 1.29 is 0 Å². The Bertz CT molecular complexity index is 1000. The maximum atomic E-state index is 4.87. The van der Waals surface area contributed by atoms with E-state index in [0.717, 1.165) is 40.4 Å². The molecule has 6 heteroatoms. The number of hydrogen-bond acceptors (Lipinski definition) is 4. The maximum absolute atomic E-state index is 4.87. The van der Waals surface area contributed by atoms with Crippen molar-refractivity contribution in [3.05, 3.63) is 51.6 Å². The van der Waals surface area contributed by atoms with Gasteiger partial charge in [-0.1, -0.05) is 0 Å². The average Bonchev–Trinajstić information content (AvgIpc) is 3.24. The van der Waals surface area contributed by atoms with E-state index < -0.39 is 0 Å². The van der Waals surface area contributed by atoms with Crippen molar-refractivity contribution in [2.75, 3.05) is 18.0 Å². The monoisotopic (exact) mass is 411 g/mol. The summed E-state index contributed by atoms with van der Waals surface area (Å²) in [6.45, 7) is 6.22. The van der Waals surface area contributed by atoms with E-state index in [1.54, 1.807) is 0 Å². The third-order valence-corrected chi connectivity index (χ3v) is 7.01. The van der Waals surface area contributed by atoms with Gasteiger partial charge in [0.15, 0.2) is 5.82 Å². The first-order valence-corrected chi connectivity index (χ1v) is 10.0. The van der Waals surface area contributed by atoms with Gasteiger partial charge in [-0.05, 0) is 84.1 Å². The van der Waals surface area contributed by atoms with Crippen molar-refractivity contribution >= 4 is 27.3 Å². The highest BCUT2D eigenvalue weighted by Crippen LogP contribution is 2.45.